The number of aryl methyl sites for hydroxylation is 3. The molecule has 0 unspecified atom stereocenters. The Balaban J connectivity index is 1.36. The number of nitrogens with one attached hydrogen (secondary N) is 1. The number of aromatic nitrogens is 4. The summed E-state index contributed by atoms with van der Waals surface area (Å²) in [5.74, 6) is 1.00. The van der Waals surface area contributed by atoms with Crippen LogP contribution in [0.5, 0.6) is 11.5 Å². The van der Waals surface area contributed by atoms with E-state index < -0.39 is 11.7 Å². The molecule has 2 aromatic carbocycles. The number of benzene rings is 2. The van der Waals surface area contributed by atoms with Gasteiger partial charge in [-0.3, -0.25) is 9.48 Å². The molecule has 4 aromatic rings. The van der Waals surface area contributed by atoms with Crippen LogP contribution in [0.1, 0.15) is 28.1 Å². The molecule has 34 heavy (non-hydrogen) atoms. The molecule has 0 spiro atoms. The van der Waals surface area contributed by atoms with Gasteiger partial charge in [-0.15, -0.1) is 0 Å². The zero-order valence-corrected chi connectivity index (χ0v) is 18.8. The van der Waals surface area contributed by atoms with Crippen molar-refractivity contribution in [2.75, 3.05) is 0 Å². The number of halogens is 4. The van der Waals surface area contributed by atoms with Gasteiger partial charge in [0.05, 0.1) is 16.8 Å². The summed E-state index contributed by atoms with van der Waals surface area (Å²) in [7, 11) is 1.81. The van der Waals surface area contributed by atoms with Crippen molar-refractivity contribution in [1.82, 2.24) is 19.7 Å². The Kier molecular flexibility index (Phi) is 6.74. The first kappa shape index (κ1) is 23.6. The van der Waals surface area contributed by atoms with Crippen molar-refractivity contribution in [3.05, 3.63) is 105 Å². The van der Waals surface area contributed by atoms with Crippen LogP contribution in [0, 0.1) is 0 Å². The molecular formula is C24H20ClF3N4O2. The molecule has 2 heterocycles. The molecule has 0 fully saturated rings. The average molecular weight is 489 g/mol. The number of rotatable bonds is 7. The van der Waals surface area contributed by atoms with Crippen LogP contribution in [0.3, 0.4) is 0 Å². The van der Waals surface area contributed by atoms with Gasteiger partial charge in [-0.2, -0.15) is 23.3 Å². The fourth-order valence-electron chi connectivity index (χ4n) is 3.40. The van der Waals surface area contributed by atoms with E-state index in [0.717, 1.165) is 23.3 Å². The van der Waals surface area contributed by atoms with Gasteiger partial charge in [0.2, 0.25) is 0 Å². The van der Waals surface area contributed by atoms with Gasteiger partial charge in [0.15, 0.2) is 0 Å². The first-order valence-electron chi connectivity index (χ1n) is 10.4. The van der Waals surface area contributed by atoms with Crippen molar-refractivity contribution >= 4 is 11.6 Å². The third-order valence-corrected chi connectivity index (χ3v) is 5.46. The topological polar surface area (TPSA) is 72.8 Å². The third-order valence-electron chi connectivity index (χ3n) is 5.13. The monoisotopic (exact) mass is 488 g/mol. The van der Waals surface area contributed by atoms with Gasteiger partial charge in [-0.1, -0.05) is 23.7 Å². The molecule has 0 aliphatic carbocycles. The number of nitrogens with zero attached hydrogens (tertiary/aromatic N) is 3. The Labute approximate surface area is 198 Å². The highest BCUT2D eigenvalue weighted by atomic mass is 35.5. The number of alkyl halides is 3. The van der Waals surface area contributed by atoms with E-state index in [1.54, 1.807) is 29.2 Å². The molecule has 0 aliphatic rings. The van der Waals surface area contributed by atoms with Gasteiger partial charge in [-0.05, 0) is 47.9 Å². The van der Waals surface area contributed by atoms with Crippen molar-refractivity contribution < 1.29 is 17.9 Å². The van der Waals surface area contributed by atoms with Crippen LogP contribution in [0.25, 0.3) is 0 Å². The number of ether oxygens (including phenoxy) is 1. The summed E-state index contributed by atoms with van der Waals surface area (Å²) in [5, 5.41) is 3.71. The normalized spacial score (nSPS) is 11.6. The van der Waals surface area contributed by atoms with Crippen LogP contribution in [-0.2, 0) is 32.5 Å². The Morgan fingerprint density at radius 3 is 2.44 bits per heavy atom. The van der Waals surface area contributed by atoms with Crippen molar-refractivity contribution in [3.63, 3.8) is 0 Å². The van der Waals surface area contributed by atoms with Crippen LogP contribution >= 0.6 is 11.6 Å². The molecule has 0 amide bonds. The Bertz CT molecular complexity index is 1350. The van der Waals surface area contributed by atoms with Crippen LogP contribution < -0.4 is 10.3 Å². The van der Waals surface area contributed by atoms with E-state index in [4.69, 9.17) is 16.3 Å². The summed E-state index contributed by atoms with van der Waals surface area (Å²) in [6, 6.07) is 10.4. The number of H-pyrrole nitrogens is 1. The van der Waals surface area contributed by atoms with E-state index in [9.17, 15) is 18.0 Å². The molecule has 0 saturated heterocycles. The summed E-state index contributed by atoms with van der Waals surface area (Å²) in [6.45, 7) is 0. The van der Waals surface area contributed by atoms with Crippen LogP contribution in [-0.4, -0.2) is 19.7 Å². The molecule has 0 saturated carbocycles. The molecule has 176 valence electrons. The van der Waals surface area contributed by atoms with Gasteiger partial charge < -0.3 is 9.72 Å². The summed E-state index contributed by atoms with van der Waals surface area (Å²) >= 11 is 5.64. The minimum Gasteiger partial charge on any atom is -0.457 e. The summed E-state index contributed by atoms with van der Waals surface area (Å²) in [6.07, 6.45) is 2.27. The van der Waals surface area contributed by atoms with Crippen LogP contribution in [0.4, 0.5) is 13.2 Å². The highest BCUT2D eigenvalue weighted by Gasteiger charge is 2.33. The molecule has 1 N–H and O–H groups in total. The fourth-order valence-corrected chi connectivity index (χ4v) is 3.63. The van der Waals surface area contributed by atoms with Gasteiger partial charge in [0.1, 0.15) is 17.3 Å². The summed E-state index contributed by atoms with van der Waals surface area (Å²) < 4.78 is 46.3. The van der Waals surface area contributed by atoms with Crippen molar-refractivity contribution in [2.24, 2.45) is 7.05 Å². The molecule has 0 atom stereocenters. The Morgan fingerprint density at radius 2 is 1.79 bits per heavy atom. The highest BCUT2D eigenvalue weighted by Crippen LogP contribution is 2.37. The van der Waals surface area contributed by atoms with Gasteiger partial charge in [0, 0.05) is 37.8 Å². The first-order valence-corrected chi connectivity index (χ1v) is 10.7. The van der Waals surface area contributed by atoms with E-state index in [-0.39, 0.29) is 16.3 Å². The maximum atomic E-state index is 13.0. The minimum absolute atomic E-state index is 0.0395. The summed E-state index contributed by atoms with van der Waals surface area (Å²) in [4.78, 5) is 19.5. The van der Waals surface area contributed by atoms with Crippen LogP contribution in [0.15, 0.2) is 65.8 Å². The third kappa shape index (κ3) is 5.85. The molecule has 6 nitrogen and oxygen atoms in total. The quantitative estimate of drug-likeness (QED) is 0.381. The molecule has 0 bridgehead atoms. The second kappa shape index (κ2) is 9.72. The van der Waals surface area contributed by atoms with Crippen molar-refractivity contribution in [2.45, 2.75) is 25.4 Å². The number of hydrogen-bond donors (Lipinski definition) is 1. The van der Waals surface area contributed by atoms with Crippen LogP contribution in [0.2, 0.25) is 5.02 Å². The predicted molar refractivity (Wildman–Crippen MR) is 121 cm³/mol. The lowest BCUT2D eigenvalue weighted by molar-refractivity contribution is -0.137. The summed E-state index contributed by atoms with van der Waals surface area (Å²) in [5.41, 5.74) is 1.23. The van der Waals surface area contributed by atoms with Gasteiger partial charge in [-0.25, -0.2) is 0 Å². The lowest BCUT2D eigenvalue weighted by Crippen LogP contribution is -2.17. The Morgan fingerprint density at radius 1 is 1.06 bits per heavy atom. The number of aromatic amines is 1. The smallest absolute Gasteiger partial charge is 0.417 e. The molecule has 10 heteroatoms. The molecule has 4 rings (SSSR count). The molecule has 0 radical (unpaired) electrons. The SMILES string of the molecule is Cn1cc(Cc2c[nH]c(CCc3ccc(Oc4ccc(Cl)c(C(F)(F)F)c4)cc3)nc2=O)cn1. The van der Waals surface area contributed by atoms with E-state index >= 15 is 0 Å². The largest absolute Gasteiger partial charge is 0.457 e. The molecular weight excluding hydrogens is 469 g/mol. The lowest BCUT2D eigenvalue weighted by Gasteiger charge is -2.12. The zero-order chi connectivity index (χ0) is 24.3. The minimum atomic E-state index is -4.56. The van der Waals surface area contributed by atoms with E-state index in [1.807, 2.05) is 25.4 Å². The zero-order valence-electron chi connectivity index (χ0n) is 18.1. The standard InChI is InChI=1S/C24H20ClF3N4O2/c1-32-14-16(12-30-32)10-17-13-29-22(31-23(17)33)9-4-15-2-5-18(6-3-15)34-19-7-8-21(25)20(11-19)24(26,27)28/h2-3,5-8,11-14H,4,9-10H2,1H3,(H,29,31,33). The molecule has 2 aromatic heterocycles. The fraction of sp³-hybridized carbons (Fsp3) is 0.208. The van der Waals surface area contributed by atoms with E-state index in [1.165, 1.54) is 6.07 Å². The van der Waals surface area contributed by atoms with E-state index in [0.29, 0.717) is 36.4 Å². The lowest BCUT2D eigenvalue weighted by atomic mass is 10.1. The maximum absolute atomic E-state index is 13.0. The predicted octanol–water partition coefficient (Wildman–Crippen LogP) is 5.34. The molecule has 0 aliphatic heterocycles. The van der Waals surface area contributed by atoms with E-state index in [2.05, 4.69) is 15.1 Å². The second-order valence-corrected chi connectivity index (χ2v) is 8.17. The maximum Gasteiger partial charge on any atom is 0.417 e. The average Bonchev–Trinajstić information content (AvgIpc) is 3.20. The number of hydrogen-bond acceptors (Lipinski definition) is 4. The highest BCUT2D eigenvalue weighted by molar-refractivity contribution is 6.31. The van der Waals surface area contributed by atoms with Gasteiger partial charge >= 0.3 is 6.18 Å². The van der Waals surface area contributed by atoms with Gasteiger partial charge in [0.25, 0.3) is 5.56 Å². The van der Waals surface area contributed by atoms with Crippen molar-refractivity contribution in [3.8, 4) is 11.5 Å². The first-order chi connectivity index (χ1) is 16.2. The Hall–Kier alpha value is -3.59. The van der Waals surface area contributed by atoms with Crippen molar-refractivity contribution in [1.29, 1.82) is 0 Å². The second-order valence-electron chi connectivity index (χ2n) is 7.76.